The van der Waals surface area contributed by atoms with Crippen molar-refractivity contribution in [2.45, 2.75) is 12.8 Å². The maximum absolute atomic E-state index is 5.64. The molecular weight excluding hydrogens is 360 g/mol. The van der Waals surface area contributed by atoms with E-state index in [1.165, 1.54) is 0 Å². The normalized spacial score (nSPS) is 13.6. The molecule has 0 unspecified atom stereocenters. The fourth-order valence-corrected chi connectivity index (χ4v) is 3.60. The van der Waals surface area contributed by atoms with Crippen LogP contribution in [-0.2, 0) is 0 Å². The number of nitrogens with zero attached hydrogens (tertiary/aromatic N) is 4. The van der Waals surface area contributed by atoms with E-state index in [2.05, 4.69) is 34.1 Å². The van der Waals surface area contributed by atoms with Crippen molar-refractivity contribution in [3.63, 3.8) is 0 Å². The van der Waals surface area contributed by atoms with Gasteiger partial charge in [0.25, 0.3) is 0 Å². The summed E-state index contributed by atoms with van der Waals surface area (Å²) in [6.45, 7) is 12.0. The highest BCUT2D eigenvalue weighted by Gasteiger charge is 2.32. The highest BCUT2D eigenvalue weighted by atomic mass is 16.5. The van der Waals surface area contributed by atoms with Crippen LogP contribution in [0.1, 0.15) is 29.8 Å². The standard InChI is InChI=1S/C24H24N4O/c1-4-17-10-11-22(27-21(17)5-2)28-15-19(16-28)24-23(25-12-13-26-24)18-8-7-9-20(14-18)29-6-3/h4-5,7-14,19H,1-2,6,15-16H2,3H3. The van der Waals surface area contributed by atoms with Gasteiger partial charge in [-0.3, -0.25) is 9.97 Å². The number of benzene rings is 1. The molecule has 29 heavy (non-hydrogen) atoms. The van der Waals surface area contributed by atoms with Gasteiger partial charge in [0.2, 0.25) is 0 Å². The molecule has 0 atom stereocenters. The van der Waals surface area contributed by atoms with Gasteiger partial charge in [0.15, 0.2) is 0 Å². The number of hydrogen-bond donors (Lipinski definition) is 0. The molecule has 0 saturated carbocycles. The maximum atomic E-state index is 5.64. The first-order valence-electron chi connectivity index (χ1n) is 9.78. The van der Waals surface area contributed by atoms with Crippen molar-refractivity contribution in [1.82, 2.24) is 15.0 Å². The minimum Gasteiger partial charge on any atom is -0.494 e. The molecule has 0 aliphatic carbocycles. The van der Waals surface area contributed by atoms with Crippen LogP contribution >= 0.6 is 0 Å². The lowest BCUT2D eigenvalue weighted by Crippen LogP contribution is -2.46. The van der Waals surface area contributed by atoms with Gasteiger partial charge in [0.1, 0.15) is 11.6 Å². The molecule has 2 aromatic heterocycles. The smallest absolute Gasteiger partial charge is 0.129 e. The van der Waals surface area contributed by atoms with Crippen molar-refractivity contribution in [3.8, 4) is 17.0 Å². The minimum atomic E-state index is 0.308. The van der Waals surface area contributed by atoms with E-state index >= 15 is 0 Å². The molecule has 1 fully saturated rings. The van der Waals surface area contributed by atoms with Gasteiger partial charge in [-0.25, -0.2) is 4.98 Å². The quantitative estimate of drug-likeness (QED) is 0.584. The van der Waals surface area contributed by atoms with Gasteiger partial charge >= 0.3 is 0 Å². The fourth-order valence-electron chi connectivity index (χ4n) is 3.60. The van der Waals surface area contributed by atoms with Crippen molar-refractivity contribution in [3.05, 3.63) is 78.9 Å². The largest absolute Gasteiger partial charge is 0.494 e. The second kappa shape index (κ2) is 8.27. The van der Waals surface area contributed by atoms with Crippen LogP contribution in [0.5, 0.6) is 5.75 Å². The van der Waals surface area contributed by atoms with Crippen LogP contribution in [-0.4, -0.2) is 34.6 Å². The zero-order valence-electron chi connectivity index (χ0n) is 16.6. The van der Waals surface area contributed by atoms with E-state index in [9.17, 15) is 0 Å². The summed E-state index contributed by atoms with van der Waals surface area (Å²) in [6.07, 6.45) is 7.08. The van der Waals surface area contributed by atoms with Gasteiger partial charge in [-0.15, -0.1) is 0 Å². The molecule has 1 aliphatic rings. The molecule has 0 spiro atoms. The van der Waals surface area contributed by atoms with E-state index in [0.29, 0.717) is 12.5 Å². The molecule has 5 heteroatoms. The summed E-state index contributed by atoms with van der Waals surface area (Å²) >= 11 is 0. The maximum Gasteiger partial charge on any atom is 0.129 e. The average molecular weight is 384 g/mol. The van der Waals surface area contributed by atoms with Crippen molar-refractivity contribution in [2.75, 3.05) is 24.6 Å². The van der Waals surface area contributed by atoms with E-state index in [1.54, 1.807) is 24.5 Å². The lowest BCUT2D eigenvalue weighted by molar-refractivity contribution is 0.340. The molecule has 0 N–H and O–H groups in total. The Labute approximate surface area is 171 Å². The molecule has 0 radical (unpaired) electrons. The first kappa shape index (κ1) is 18.9. The molecule has 5 nitrogen and oxygen atoms in total. The molecular formula is C24H24N4O. The van der Waals surface area contributed by atoms with E-state index in [1.807, 2.05) is 37.3 Å². The van der Waals surface area contributed by atoms with Gasteiger partial charge in [-0.05, 0) is 42.8 Å². The van der Waals surface area contributed by atoms with E-state index in [-0.39, 0.29) is 0 Å². The van der Waals surface area contributed by atoms with Crippen molar-refractivity contribution >= 4 is 18.0 Å². The van der Waals surface area contributed by atoms with Crippen LogP contribution in [0.25, 0.3) is 23.4 Å². The number of anilines is 1. The van der Waals surface area contributed by atoms with Crippen molar-refractivity contribution in [1.29, 1.82) is 0 Å². The lowest BCUT2D eigenvalue weighted by atomic mass is 9.92. The van der Waals surface area contributed by atoms with Crippen LogP contribution in [0, 0.1) is 0 Å². The van der Waals surface area contributed by atoms with E-state index in [4.69, 9.17) is 9.72 Å². The summed E-state index contributed by atoms with van der Waals surface area (Å²) in [7, 11) is 0. The number of rotatable bonds is 7. The summed E-state index contributed by atoms with van der Waals surface area (Å²) in [5, 5.41) is 0. The highest BCUT2D eigenvalue weighted by molar-refractivity contribution is 5.66. The number of aromatic nitrogens is 3. The Kier molecular flexibility index (Phi) is 5.38. The average Bonchev–Trinajstić information content (AvgIpc) is 2.73. The Morgan fingerprint density at radius 2 is 1.93 bits per heavy atom. The Hall–Kier alpha value is -3.47. The molecule has 146 valence electrons. The molecule has 1 saturated heterocycles. The van der Waals surface area contributed by atoms with Gasteiger partial charge in [-0.1, -0.05) is 31.4 Å². The Balaban J connectivity index is 1.56. The third kappa shape index (κ3) is 3.76. The van der Waals surface area contributed by atoms with Gasteiger partial charge < -0.3 is 9.64 Å². The molecule has 3 heterocycles. The number of pyridine rings is 1. The van der Waals surface area contributed by atoms with Crippen LogP contribution in [0.2, 0.25) is 0 Å². The summed E-state index contributed by atoms with van der Waals surface area (Å²) in [6, 6.07) is 12.1. The number of ether oxygens (including phenoxy) is 1. The van der Waals surface area contributed by atoms with Crippen molar-refractivity contribution < 1.29 is 4.74 Å². The van der Waals surface area contributed by atoms with Crippen LogP contribution in [0.4, 0.5) is 5.82 Å². The zero-order chi connectivity index (χ0) is 20.2. The van der Waals surface area contributed by atoms with Crippen LogP contribution in [0.3, 0.4) is 0 Å². The molecule has 0 bridgehead atoms. The first-order chi connectivity index (χ1) is 14.2. The minimum absolute atomic E-state index is 0.308. The molecule has 1 aliphatic heterocycles. The monoisotopic (exact) mass is 384 g/mol. The summed E-state index contributed by atoms with van der Waals surface area (Å²) in [5.41, 5.74) is 4.81. The molecule has 1 aromatic carbocycles. The van der Waals surface area contributed by atoms with Gasteiger partial charge in [-0.2, -0.15) is 0 Å². The van der Waals surface area contributed by atoms with E-state index in [0.717, 1.165) is 52.9 Å². The Morgan fingerprint density at radius 1 is 1.10 bits per heavy atom. The third-order valence-corrected chi connectivity index (χ3v) is 5.09. The Morgan fingerprint density at radius 3 is 2.69 bits per heavy atom. The summed E-state index contributed by atoms with van der Waals surface area (Å²) < 4.78 is 5.64. The molecule has 0 amide bonds. The van der Waals surface area contributed by atoms with Gasteiger partial charge in [0.05, 0.1) is 23.7 Å². The first-order valence-corrected chi connectivity index (χ1v) is 9.78. The molecule has 3 aromatic rings. The second-order valence-electron chi connectivity index (χ2n) is 6.91. The van der Waals surface area contributed by atoms with Crippen LogP contribution in [0.15, 0.2) is 61.9 Å². The predicted molar refractivity (Wildman–Crippen MR) is 118 cm³/mol. The topological polar surface area (TPSA) is 51.1 Å². The number of hydrogen-bond acceptors (Lipinski definition) is 5. The van der Waals surface area contributed by atoms with Gasteiger partial charge in [0, 0.05) is 37.0 Å². The zero-order valence-corrected chi connectivity index (χ0v) is 16.6. The highest BCUT2D eigenvalue weighted by Crippen LogP contribution is 2.35. The van der Waals surface area contributed by atoms with Crippen molar-refractivity contribution in [2.24, 2.45) is 0 Å². The van der Waals surface area contributed by atoms with E-state index < -0.39 is 0 Å². The Bertz CT molecular complexity index is 1040. The summed E-state index contributed by atoms with van der Waals surface area (Å²) in [5.74, 6) is 2.10. The molecule has 4 rings (SSSR count). The predicted octanol–water partition coefficient (Wildman–Crippen LogP) is 4.83. The second-order valence-corrected chi connectivity index (χ2v) is 6.91. The lowest BCUT2D eigenvalue weighted by Gasteiger charge is -2.40. The van der Waals surface area contributed by atoms with Crippen LogP contribution < -0.4 is 9.64 Å². The summed E-state index contributed by atoms with van der Waals surface area (Å²) in [4.78, 5) is 16.2. The third-order valence-electron chi connectivity index (χ3n) is 5.09. The fraction of sp³-hybridized carbons (Fsp3) is 0.208. The SMILES string of the molecule is C=Cc1ccc(N2CC(c3nccnc3-c3cccc(OCC)c3)C2)nc1C=C.